The number of benzene rings is 1. The van der Waals surface area contributed by atoms with Crippen molar-refractivity contribution in [3.05, 3.63) is 34.4 Å². The number of nitro benzene ring substituents is 1. The van der Waals surface area contributed by atoms with Crippen LogP contribution >= 0.6 is 0 Å². The minimum absolute atomic E-state index is 0.0289. The van der Waals surface area contributed by atoms with Gasteiger partial charge in [0.1, 0.15) is 6.04 Å². The second-order valence-electron chi connectivity index (χ2n) is 3.56. The number of carbonyl (C=O) groups excluding carboxylic acids is 1. The van der Waals surface area contributed by atoms with Crippen molar-refractivity contribution in [2.24, 2.45) is 0 Å². The molecule has 0 aliphatic rings. The van der Waals surface area contributed by atoms with Gasteiger partial charge in [0.25, 0.3) is 5.69 Å². The van der Waals surface area contributed by atoms with E-state index in [1.54, 1.807) is 19.1 Å². The van der Waals surface area contributed by atoms with Crippen LogP contribution in [0.25, 0.3) is 0 Å². The fourth-order valence-electron chi connectivity index (χ4n) is 1.32. The van der Waals surface area contributed by atoms with Crippen LogP contribution in [0.2, 0.25) is 0 Å². The molecule has 1 amide bonds. The number of likely N-dealkylation sites (N-methyl/N-ethyl adjacent to an activating group) is 1. The van der Waals surface area contributed by atoms with Crippen LogP contribution in [0.15, 0.2) is 24.3 Å². The lowest BCUT2D eigenvalue weighted by atomic mass is 10.2. The maximum atomic E-state index is 11.4. The van der Waals surface area contributed by atoms with E-state index in [9.17, 15) is 14.9 Å². The molecule has 0 heterocycles. The van der Waals surface area contributed by atoms with Crippen molar-refractivity contribution >= 4 is 17.3 Å². The number of amides is 1. The molecule has 1 aromatic carbocycles. The van der Waals surface area contributed by atoms with E-state index in [4.69, 9.17) is 0 Å². The second-order valence-corrected chi connectivity index (χ2v) is 3.56. The Morgan fingerprint density at radius 3 is 2.47 bits per heavy atom. The normalized spacial score (nSPS) is 11.6. The van der Waals surface area contributed by atoms with E-state index >= 15 is 0 Å². The van der Waals surface area contributed by atoms with Gasteiger partial charge in [0.05, 0.1) is 4.92 Å². The number of anilines is 1. The van der Waals surface area contributed by atoms with E-state index in [2.05, 4.69) is 10.6 Å². The molecule has 0 fully saturated rings. The van der Waals surface area contributed by atoms with Gasteiger partial charge in [-0.2, -0.15) is 0 Å². The van der Waals surface area contributed by atoms with Crippen LogP contribution in [0, 0.1) is 10.1 Å². The summed E-state index contributed by atoms with van der Waals surface area (Å²) in [5.41, 5.74) is 0.704. The highest BCUT2D eigenvalue weighted by Crippen LogP contribution is 2.15. The van der Waals surface area contributed by atoms with Crippen LogP contribution in [-0.4, -0.2) is 23.4 Å². The zero-order chi connectivity index (χ0) is 12.8. The molecule has 1 aromatic rings. The number of hydrogen-bond donors (Lipinski definition) is 2. The van der Waals surface area contributed by atoms with Crippen molar-refractivity contribution in [2.75, 3.05) is 11.9 Å². The molecule has 0 aliphatic heterocycles. The number of hydrogen-bond acceptors (Lipinski definition) is 4. The lowest BCUT2D eigenvalue weighted by Crippen LogP contribution is -2.37. The highest BCUT2D eigenvalue weighted by molar-refractivity contribution is 5.84. The lowest BCUT2D eigenvalue weighted by molar-refractivity contribution is -0.384. The quantitative estimate of drug-likeness (QED) is 0.600. The fraction of sp³-hybridized carbons (Fsp3) is 0.364. The molecule has 0 saturated carbocycles. The van der Waals surface area contributed by atoms with E-state index in [0.29, 0.717) is 12.2 Å². The Bertz CT molecular complexity index is 403. The first kappa shape index (κ1) is 13.0. The van der Waals surface area contributed by atoms with Gasteiger partial charge in [-0.25, -0.2) is 0 Å². The fourth-order valence-corrected chi connectivity index (χ4v) is 1.32. The number of rotatable bonds is 5. The summed E-state index contributed by atoms with van der Waals surface area (Å²) < 4.78 is 0. The van der Waals surface area contributed by atoms with Gasteiger partial charge >= 0.3 is 0 Å². The summed E-state index contributed by atoms with van der Waals surface area (Å²) in [6.07, 6.45) is 0. The van der Waals surface area contributed by atoms with Crippen molar-refractivity contribution in [3.63, 3.8) is 0 Å². The maximum absolute atomic E-state index is 11.4. The van der Waals surface area contributed by atoms with E-state index in [1.807, 2.05) is 6.92 Å². The van der Waals surface area contributed by atoms with Gasteiger partial charge in [0.15, 0.2) is 0 Å². The van der Waals surface area contributed by atoms with Gasteiger partial charge in [-0.1, -0.05) is 0 Å². The molecule has 1 rings (SSSR count). The molecule has 2 N–H and O–H groups in total. The first-order chi connectivity index (χ1) is 8.04. The van der Waals surface area contributed by atoms with Gasteiger partial charge in [-0.05, 0) is 26.0 Å². The summed E-state index contributed by atoms with van der Waals surface area (Å²) in [5, 5.41) is 16.1. The first-order valence-electron chi connectivity index (χ1n) is 5.33. The van der Waals surface area contributed by atoms with Gasteiger partial charge in [0.2, 0.25) is 5.91 Å². The zero-order valence-corrected chi connectivity index (χ0v) is 9.77. The average molecular weight is 237 g/mol. The average Bonchev–Trinajstić information content (AvgIpc) is 2.30. The monoisotopic (exact) mass is 237 g/mol. The topological polar surface area (TPSA) is 84.3 Å². The van der Waals surface area contributed by atoms with Crippen LogP contribution < -0.4 is 10.6 Å². The first-order valence-corrected chi connectivity index (χ1v) is 5.33. The van der Waals surface area contributed by atoms with Crippen molar-refractivity contribution < 1.29 is 9.72 Å². The Labute approximate surface area is 99.2 Å². The van der Waals surface area contributed by atoms with Crippen molar-refractivity contribution in [1.29, 1.82) is 0 Å². The molecule has 0 saturated heterocycles. The molecule has 0 radical (unpaired) electrons. The summed E-state index contributed by atoms with van der Waals surface area (Å²) in [4.78, 5) is 21.4. The third-order valence-corrected chi connectivity index (χ3v) is 2.21. The van der Waals surface area contributed by atoms with E-state index in [0.717, 1.165) is 0 Å². The molecule has 6 heteroatoms. The summed E-state index contributed by atoms with van der Waals surface area (Å²) in [7, 11) is 0. The molecule has 0 aromatic heterocycles. The number of nitrogens with one attached hydrogen (secondary N) is 2. The third-order valence-electron chi connectivity index (χ3n) is 2.21. The van der Waals surface area contributed by atoms with Crippen LogP contribution in [0.4, 0.5) is 11.4 Å². The Morgan fingerprint density at radius 1 is 1.41 bits per heavy atom. The second kappa shape index (κ2) is 5.83. The molecule has 92 valence electrons. The Hall–Kier alpha value is -2.11. The minimum Gasteiger partial charge on any atom is -0.374 e. The summed E-state index contributed by atoms with van der Waals surface area (Å²) in [6, 6.07) is 5.57. The largest absolute Gasteiger partial charge is 0.374 e. The molecular formula is C11H15N3O3. The summed E-state index contributed by atoms with van der Waals surface area (Å²) in [5.74, 6) is -0.106. The molecule has 0 spiro atoms. The molecule has 6 nitrogen and oxygen atoms in total. The maximum Gasteiger partial charge on any atom is 0.269 e. The molecule has 1 atom stereocenters. The molecule has 0 bridgehead atoms. The van der Waals surface area contributed by atoms with E-state index in [1.165, 1.54) is 12.1 Å². The van der Waals surface area contributed by atoms with Gasteiger partial charge in [0, 0.05) is 24.4 Å². The lowest BCUT2D eigenvalue weighted by Gasteiger charge is -2.14. The standard InChI is InChI=1S/C11H15N3O3/c1-3-12-11(15)8(2)13-9-4-6-10(7-5-9)14(16)17/h4-8,13H,3H2,1-2H3,(H,12,15). The number of nitro groups is 1. The van der Waals surface area contributed by atoms with Crippen LogP contribution in [-0.2, 0) is 4.79 Å². The summed E-state index contributed by atoms with van der Waals surface area (Å²) >= 11 is 0. The van der Waals surface area contributed by atoms with Crippen molar-refractivity contribution in [3.8, 4) is 0 Å². The minimum atomic E-state index is -0.461. The Balaban J connectivity index is 2.63. The predicted octanol–water partition coefficient (Wildman–Crippen LogP) is 1.53. The molecule has 17 heavy (non-hydrogen) atoms. The van der Waals surface area contributed by atoms with Gasteiger partial charge in [-0.15, -0.1) is 0 Å². The molecular weight excluding hydrogens is 222 g/mol. The van der Waals surface area contributed by atoms with Crippen LogP contribution in [0.1, 0.15) is 13.8 Å². The highest BCUT2D eigenvalue weighted by Gasteiger charge is 2.11. The van der Waals surface area contributed by atoms with Gasteiger partial charge in [-0.3, -0.25) is 14.9 Å². The Kier molecular flexibility index (Phi) is 4.45. The predicted molar refractivity (Wildman–Crippen MR) is 64.9 cm³/mol. The highest BCUT2D eigenvalue weighted by atomic mass is 16.6. The summed E-state index contributed by atoms with van der Waals surface area (Å²) in [6.45, 7) is 4.15. The van der Waals surface area contributed by atoms with Crippen LogP contribution in [0.5, 0.6) is 0 Å². The Morgan fingerprint density at radius 2 is 2.00 bits per heavy atom. The van der Waals surface area contributed by atoms with Crippen LogP contribution in [0.3, 0.4) is 0 Å². The zero-order valence-electron chi connectivity index (χ0n) is 9.77. The number of nitrogens with zero attached hydrogens (tertiary/aromatic N) is 1. The van der Waals surface area contributed by atoms with Crippen molar-refractivity contribution in [1.82, 2.24) is 5.32 Å². The van der Waals surface area contributed by atoms with Gasteiger partial charge < -0.3 is 10.6 Å². The van der Waals surface area contributed by atoms with Crippen molar-refractivity contribution in [2.45, 2.75) is 19.9 Å². The smallest absolute Gasteiger partial charge is 0.269 e. The number of carbonyl (C=O) groups is 1. The SMILES string of the molecule is CCNC(=O)C(C)Nc1ccc([N+](=O)[O-])cc1. The molecule has 1 unspecified atom stereocenters. The molecule has 0 aliphatic carbocycles. The van der Waals surface area contributed by atoms with E-state index in [-0.39, 0.29) is 17.6 Å². The third kappa shape index (κ3) is 3.75. The number of non-ortho nitro benzene ring substituents is 1. The van der Waals surface area contributed by atoms with E-state index < -0.39 is 4.92 Å².